The van der Waals surface area contributed by atoms with Crippen LogP contribution in [0.3, 0.4) is 0 Å². The SMILES string of the molecule is COc1ccc2ccccc2c1C=NN1C(=O)C2C3C=CC(C3)C2C1=O. The predicted molar refractivity (Wildman–Crippen MR) is 97.7 cm³/mol. The largest absolute Gasteiger partial charge is 0.496 e. The Labute approximate surface area is 150 Å². The molecule has 2 aliphatic carbocycles. The van der Waals surface area contributed by atoms with Crippen molar-refractivity contribution >= 4 is 28.8 Å². The highest BCUT2D eigenvalue weighted by Crippen LogP contribution is 2.52. The van der Waals surface area contributed by atoms with E-state index in [0.29, 0.717) is 5.75 Å². The zero-order chi connectivity index (χ0) is 17.8. The molecule has 5 heteroatoms. The van der Waals surface area contributed by atoms with Gasteiger partial charge in [0.25, 0.3) is 11.8 Å². The Morgan fingerprint density at radius 1 is 1.04 bits per heavy atom. The van der Waals surface area contributed by atoms with Crippen molar-refractivity contribution in [2.24, 2.45) is 28.8 Å². The van der Waals surface area contributed by atoms with Crippen LogP contribution in [0.1, 0.15) is 12.0 Å². The molecule has 0 aromatic heterocycles. The molecule has 3 aliphatic rings. The van der Waals surface area contributed by atoms with Crippen LogP contribution in [0.2, 0.25) is 0 Å². The van der Waals surface area contributed by atoms with Gasteiger partial charge in [0.1, 0.15) is 5.75 Å². The van der Waals surface area contributed by atoms with Crippen molar-refractivity contribution in [1.82, 2.24) is 5.01 Å². The number of methoxy groups -OCH3 is 1. The maximum atomic E-state index is 12.8. The summed E-state index contributed by atoms with van der Waals surface area (Å²) in [6.07, 6.45) is 6.66. The first-order valence-electron chi connectivity index (χ1n) is 8.85. The molecule has 2 aromatic rings. The average molecular weight is 346 g/mol. The molecule has 4 atom stereocenters. The van der Waals surface area contributed by atoms with E-state index in [0.717, 1.165) is 27.8 Å². The Hall–Kier alpha value is -2.95. The third-order valence-corrected chi connectivity index (χ3v) is 5.90. The smallest absolute Gasteiger partial charge is 0.254 e. The van der Waals surface area contributed by atoms with Crippen molar-refractivity contribution in [2.75, 3.05) is 7.11 Å². The summed E-state index contributed by atoms with van der Waals surface area (Å²) in [6, 6.07) is 11.7. The van der Waals surface area contributed by atoms with Gasteiger partial charge < -0.3 is 4.74 Å². The molecule has 1 saturated carbocycles. The first-order valence-corrected chi connectivity index (χ1v) is 8.85. The number of hydrogen-bond donors (Lipinski definition) is 0. The lowest BCUT2D eigenvalue weighted by Gasteiger charge is -2.13. The molecule has 2 fully saturated rings. The number of allylic oxidation sites excluding steroid dienone is 2. The number of nitrogens with zero attached hydrogens (tertiary/aromatic N) is 2. The van der Waals surface area contributed by atoms with Crippen molar-refractivity contribution in [3.63, 3.8) is 0 Å². The Bertz CT molecular complexity index is 964. The van der Waals surface area contributed by atoms with Gasteiger partial charge in [-0.2, -0.15) is 10.1 Å². The van der Waals surface area contributed by atoms with Gasteiger partial charge in [-0.25, -0.2) is 0 Å². The van der Waals surface area contributed by atoms with Gasteiger partial charge in [-0.05, 0) is 35.1 Å². The van der Waals surface area contributed by atoms with Crippen molar-refractivity contribution in [1.29, 1.82) is 0 Å². The number of fused-ring (bicyclic) bond motifs is 6. The Kier molecular flexibility index (Phi) is 3.26. The van der Waals surface area contributed by atoms with Crippen molar-refractivity contribution in [2.45, 2.75) is 6.42 Å². The molecule has 26 heavy (non-hydrogen) atoms. The lowest BCUT2D eigenvalue weighted by Crippen LogP contribution is -2.28. The van der Waals surface area contributed by atoms with Gasteiger partial charge >= 0.3 is 0 Å². The summed E-state index contributed by atoms with van der Waals surface area (Å²) in [7, 11) is 1.60. The first-order chi connectivity index (χ1) is 12.7. The van der Waals surface area contributed by atoms with E-state index in [-0.39, 0.29) is 35.5 Å². The van der Waals surface area contributed by atoms with Crippen LogP contribution in [0.4, 0.5) is 0 Å². The lowest BCUT2D eigenvalue weighted by molar-refractivity contribution is -0.140. The van der Waals surface area contributed by atoms with Gasteiger partial charge in [0.05, 0.1) is 25.2 Å². The summed E-state index contributed by atoms with van der Waals surface area (Å²) >= 11 is 0. The van der Waals surface area contributed by atoms with Crippen molar-refractivity contribution < 1.29 is 14.3 Å². The summed E-state index contributed by atoms with van der Waals surface area (Å²) in [6.45, 7) is 0. The van der Waals surface area contributed by atoms with Crippen LogP contribution in [0, 0.1) is 23.7 Å². The second kappa shape index (κ2) is 5.53. The summed E-state index contributed by atoms with van der Waals surface area (Å²) in [5, 5.41) is 7.39. The highest BCUT2D eigenvalue weighted by atomic mass is 16.5. The average Bonchev–Trinajstić information content (AvgIpc) is 3.34. The fraction of sp³-hybridized carbons (Fsp3) is 0.286. The van der Waals surface area contributed by atoms with Crippen molar-refractivity contribution in [3.8, 4) is 5.75 Å². The molecule has 1 aliphatic heterocycles. The van der Waals surface area contributed by atoms with Crippen LogP contribution in [-0.4, -0.2) is 30.1 Å². The van der Waals surface area contributed by atoms with Gasteiger partial charge in [-0.15, -0.1) is 0 Å². The van der Waals surface area contributed by atoms with E-state index in [4.69, 9.17) is 4.74 Å². The molecule has 130 valence electrons. The number of rotatable bonds is 3. The quantitative estimate of drug-likeness (QED) is 0.488. The van der Waals surface area contributed by atoms with Gasteiger partial charge in [-0.3, -0.25) is 9.59 Å². The fourth-order valence-corrected chi connectivity index (χ4v) is 4.70. The molecule has 2 aromatic carbocycles. The number of carbonyl (C=O) groups is 2. The number of hydrogen-bond acceptors (Lipinski definition) is 4. The third-order valence-electron chi connectivity index (χ3n) is 5.90. The second-order valence-electron chi connectivity index (χ2n) is 7.14. The van der Waals surface area contributed by atoms with Crippen LogP contribution in [0.15, 0.2) is 53.7 Å². The molecule has 5 nitrogen and oxygen atoms in total. The van der Waals surface area contributed by atoms with Gasteiger partial charge in [0.15, 0.2) is 0 Å². The van der Waals surface area contributed by atoms with E-state index in [1.54, 1.807) is 13.3 Å². The van der Waals surface area contributed by atoms with Crippen LogP contribution in [0.25, 0.3) is 10.8 Å². The Balaban J connectivity index is 1.53. The van der Waals surface area contributed by atoms with Gasteiger partial charge in [-0.1, -0.05) is 42.5 Å². The lowest BCUT2D eigenvalue weighted by atomic mass is 9.85. The van der Waals surface area contributed by atoms with Gasteiger partial charge in [0, 0.05) is 5.56 Å². The van der Waals surface area contributed by atoms with E-state index in [2.05, 4.69) is 17.3 Å². The molecular formula is C21H18N2O3. The molecule has 0 radical (unpaired) electrons. The first kappa shape index (κ1) is 15.3. The number of benzene rings is 2. The molecular weight excluding hydrogens is 328 g/mol. The fourth-order valence-electron chi connectivity index (χ4n) is 4.70. The topological polar surface area (TPSA) is 59.0 Å². The van der Waals surface area contributed by atoms with Crippen LogP contribution in [0.5, 0.6) is 5.75 Å². The second-order valence-corrected chi connectivity index (χ2v) is 7.14. The van der Waals surface area contributed by atoms with E-state index >= 15 is 0 Å². The molecule has 1 heterocycles. The standard InChI is InChI=1S/C21H18N2O3/c1-26-17-9-8-12-4-2-3-5-15(12)16(17)11-22-23-20(24)18-13-6-7-14(10-13)19(18)21(23)25/h2-9,11,13-14,18-19H,10H2,1H3. The normalized spacial score (nSPS) is 29.3. The predicted octanol–water partition coefficient (Wildman–Crippen LogP) is 2.99. The number of carbonyl (C=O) groups excluding carboxylic acids is 2. The number of ether oxygens (including phenoxy) is 1. The molecule has 2 bridgehead atoms. The maximum absolute atomic E-state index is 12.8. The van der Waals surface area contributed by atoms with E-state index in [1.807, 2.05) is 36.4 Å². The molecule has 2 amide bonds. The monoisotopic (exact) mass is 346 g/mol. The minimum atomic E-state index is -0.232. The number of hydrazone groups is 1. The highest BCUT2D eigenvalue weighted by molar-refractivity contribution is 6.08. The highest BCUT2D eigenvalue weighted by Gasteiger charge is 2.59. The summed E-state index contributed by atoms with van der Waals surface area (Å²) < 4.78 is 5.45. The molecule has 1 saturated heterocycles. The zero-order valence-corrected chi connectivity index (χ0v) is 14.3. The van der Waals surface area contributed by atoms with Gasteiger partial charge in [0.2, 0.25) is 0 Å². The van der Waals surface area contributed by atoms with E-state index in [1.165, 1.54) is 0 Å². The van der Waals surface area contributed by atoms with E-state index < -0.39 is 0 Å². The van der Waals surface area contributed by atoms with Crippen molar-refractivity contribution in [3.05, 3.63) is 54.1 Å². The molecule has 4 unspecified atom stereocenters. The van der Waals surface area contributed by atoms with Crippen LogP contribution in [-0.2, 0) is 9.59 Å². The molecule has 5 rings (SSSR count). The number of amides is 2. The zero-order valence-electron chi connectivity index (χ0n) is 14.3. The summed E-state index contributed by atoms with van der Waals surface area (Å²) in [4.78, 5) is 25.5. The maximum Gasteiger partial charge on any atom is 0.254 e. The summed E-state index contributed by atoms with van der Waals surface area (Å²) in [5.74, 6) is 0.226. The minimum absolute atomic E-state index is 0.174. The Morgan fingerprint density at radius 2 is 1.73 bits per heavy atom. The minimum Gasteiger partial charge on any atom is -0.496 e. The molecule has 0 spiro atoms. The van der Waals surface area contributed by atoms with Crippen LogP contribution >= 0.6 is 0 Å². The number of imide groups is 1. The third kappa shape index (κ3) is 2.00. The van der Waals surface area contributed by atoms with E-state index in [9.17, 15) is 9.59 Å². The molecule has 0 N–H and O–H groups in total. The summed E-state index contributed by atoms with van der Waals surface area (Å²) in [5.41, 5.74) is 0.768. The Morgan fingerprint density at radius 3 is 2.42 bits per heavy atom. The van der Waals surface area contributed by atoms with Crippen LogP contribution < -0.4 is 4.74 Å².